The summed E-state index contributed by atoms with van der Waals surface area (Å²) >= 11 is 3.46. The Hall–Kier alpha value is -2.83. The number of allylic oxidation sites excluding steroid dienone is 1. The molecule has 29 heavy (non-hydrogen) atoms. The number of fused-ring (bicyclic) bond motifs is 3. The van der Waals surface area contributed by atoms with Gasteiger partial charge in [0.15, 0.2) is 0 Å². The lowest BCUT2D eigenvalue weighted by Gasteiger charge is -2.24. The third-order valence-corrected chi connectivity index (χ3v) is 6.32. The maximum absolute atomic E-state index is 9.83. The van der Waals surface area contributed by atoms with Gasteiger partial charge in [-0.2, -0.15) is 5.26 Å². The van der Waals surface area contributed by atoms with E-state index in [1.54, 1.807) is 0 Å². The first-order valence-corrected chi connectivity index (χ1v) is 10.5. The second-order valence-corrected chi connectivity index (χ2v) is 9.11. The van der Waals surface area contributed by atoms with Crippen molar-refractivity contribution in [3.8, 4) is 17.2 Å². The van der Waals surface area contributed by atoms with Crippen LogP contribution < -0.4 is 4.90 Å². The third kappa shape index (κ3) is 3.28. The number of anilines is 1. The molecule has 3 aromatic rings. The van der Waals surface area contributed by atoms with Crippen LogP contribution in [0, 0.1) is 11.3 Å². The minimum atomic E-state index is -0.0390. The lowest BCUT2D eigenvalue weighted by Crippen LogP contribution is -2.17. The summed E-state index contributed by atoms with van der Waals surface area (Å²) in [6, 6.07) is 23.4. The van der Waals surface area contributed by atoms with Crippen LogP contribution >= 0.6 is 15.9 Å². The van der Waals surface area contributed by atoms with Crippen LogP contribution in [0.1, 0.15) is 36.1 Å². The summed E-state index contributed by atoms with van der Waals surface area (Å²) in [5, 5.41) is 9.83. The summed E-state index contributed by atoms with van der Waals surface area (Å²) < 4.78 is 1.00. The zero-order valence-corrected chi connectivity index (χ0v) is 18.7. The molecule has 0 N–H and O–H groups in total. The van der Waals surface area contributed by atoms with Crippen LogP contribution in [0.25, 0.3) is 22.8 Å². The van der Waals surface area contributed by atoms with Crippen molar-refractivity contribution >= 4 is 33.3 Å². The van der Waals surface area contributed by atoms with Gasteiger partial charge in [0.1, 0.15) is 0 Å². The zero-order chi connectivity index (χ0) is 20.8. The molecule has 4 rings (SSSR count). The Bertz CT molecular complexity index is 1160. The van der Waals surface area contributed by atoms with Crippen LogP contribution in [0.2, 0.25) is 0 Å². The Morgan fingerprint density at radius 1 is 0.966 bits per heavy atom. The number of nitrogens with zero attached hydrogens (tertiary/aromatic N) is 2. The molecule has 0 spiro atoms. The normalized spacial score (nSPS) is 14.1. The molecular weight excluding hydrogens is 420 g/mol. The van der Waals surface area contributed by atoms with Gasteiger partial charge in [-0.1, -0.05) is 66.2 Å². The first-order chi connectivity index (χ1) is 13.8. The monoisotopic (exact) mass is 442 g/mol. The second kappa shape index (κ2) is 7.21. The molecular formula is C26H23BrN2. The lowest BCUT2D eigenvalue weighted by atomic mass is 9.82. The van der Waals surface area contributed by atoms with Crippen molar-refractivity contribution in [2.24, 2.45) is 0 Å². The number of nitriles is 1. The molecule has 0 atom stereocenters. The highest BCUT2D eigenvalue weighted by Crippen LogP contribution is 2.50. The summed E-state index contributed by atoms with van der Waals surface area (Å²) in [7, 11) is 4.11. The van der Waals surface area contributed by atoms with Crippen molar-refractivity contribution in [1.29, 1.82) is 5.26 Å². The second-order valence-electron chi connectivity index (χ2n) is 8.20. The SMILES string of the molecule is CN(C)c1cc2c(cc1/C=C(\C#N)c1ccc(Br)cc1)-c1ccccc1C2(C)C. The Balaban J connectivity index is 1.94. The highest BCUT2D eigenvalue weighted by molar-refractivity contribution is 9.10. The molecule has 1 aliphatic carbocycles. The molecule has 144 valence electrons. The fourth-order valence-corrected chi connectivity index (χ4v) is 4.49. The van der Waals surface area contributed by atoms with E-state index >= 15 is 0 Å². The Labute approximate surface area is 181 Å². The number of hydrogen-bond donors (Lipinski definition) is 0. The fourth-order valence-electron chi connectivity index (χ4n) is 4.22. The van der Waals surface area contributed by atoms with E-state index in [0.717, 1.165) is 21.3 Å². The van der Waals surface area contributed by atoms with Gasteiger partial charge in [0.05, 0.1) is 11.6 Å². The van der Waals surface area contributed by atoms with Gasteiger partial charge < -0.3 is 4.90 Å². The van der Waals surface area contributed by atoms with Crippen LogP contribution in [-0.4, -0.2) is 14.1 Å². The van der Waals surface area contributed by atoms with Crippen molar-refractivity contribution in [2.75, 3.05) is 19.0 Å². The van der Waals surface area contributed by atoms with Crippen molar-refractivity contribution < 1.29 is 0 Å². The smallest absolute Gasteiger partial charge is 0.0998 e. The van der Waals surface area contributed by atoms with Gasteiger partial charge in [-0.05, 0) is 63.7 Å². The molecule has 0 radical (unpaired) electrons. The van der Waals surface area contributed by atoms with E-state index < -0.39 is 0 Å². The van der Waals surface area contributed by atoms with E-state index in [-0.39, 0.29) is 5.41 Å². The highest BCUT2D eigenvalue weighted by atomic mass is 79.9. The van der Waals surface area contributed by atoms with E-state index in [0.29, 0.717) is 5.57 Å². The highest BCUT2D eigenvalue weighted by Gasteiger charge is 2.35. The molecule has 3 aromatic carbocycles. The van der Waals surface area contributed by atoms with E-state index in [1.807, 2.05) is 30.3 Å². The summed E-state index contributed by atoms with van der Waals surface area (Å²) in [5.74, 6) is 0. The molecule has 0 unspecified atom stereocenters. The average molecular weight is 443 g/mol. The number of hydrogen-bond acceptors (Lipinski definition) is 2. The number of halogens is 1. The average Bonchev–Trinajstić information content (AvgIpc) is 2.93. The summed E-state index contributed by atoms with van der Waals surface area (Å²) in [6.07, 6.45) is 2.01. The summed E-state index contributed by atoms with van der Waals surface area (Å²) in [5.41, 5.74) is 8.95. The van der Waals surface area contributed by atoms with E-state index in [1.165, 1.54) is 22.3 Å². The van der Waals surface area contributed by atoms with Gasteiger partial charge in [0, 0.05) is 29.7 Å². The van der Waals surface area contributed by atoms with Gasteiger partial charge in [0.2, 0.25) is 0 Å². The summed E-state index contributed by atoms with van der Waals surface area (Å²) in [4.78, 5) is 2.13. The molecule has 0 aromatic heterocycles. The molecule has 3 heteroatoms. The topological polar surface area (TPSA) is 27.0 Å². The van der Waals surface area contributed by atoms with Gasteiger partial charge in [0.25, 0.3) is 0 Å². The number of benzene rings is 3. The predicted octanol–water partition coefficient (Wildman–Crippen LogP) is 6.89. The lowest BCUT2D eigenvalue weighted by molar-refractivity contribution is 0.660. The van der Waals surface area contributed by atoms with Gasteiger partial charge in [-0.25, -0.2) is 0 Å². The first-order valence-electron chi connectivity index (χ1n) is 9.66. The molecule has 0 aliphatic heterocycles. The Kier molecular flexibility index (Phi) is 4.84. The van der Waals surface area contributed by atoms with Crippen LogP contribution in [0.5, 0.6) is 0 Å². The van der Waals surface area contributed by atoms with E-state index in [9.17, 15) is 5.26 Å². The molecule has 0 heterocycles. The zero-order valence-electron chi connectivity index (χ0n) is 17.1. The van der Waals surface area contributed by atoms with E-state index in [4.69, 9.17) is 0 Å². The Morgan fingerprint density at radius 3 is 2.31 bits per heavy atom. The molecule has 1 aliphatic rings. The largest absolute Gasteiger partial charge is 0.377 e. The summed E-state index contributed by atoms with van der Waals surface area (Å²) in [6.45, 7) is 4.57. The maximum Gasteiger partial charge on any atom is 0.0998 e. The maximum atomic E-state index is 9.83. The van der Waals surface area contributed by atoms with Gasteiger partial charge in [-0.15, -0.1) is 0 Å². The van der Waals surface area contributed by atoms with Crippen molar-refractivity contribution in [1.82, 2.24) is 0 Å². The molecule has 0 saturated heterocycles. The standard InChI is InChI=1S/C26H23BrN2/c1-26(2)23-8-6-5-7-21(23)22-14-18(25(29(3)4)15-24(22)26)13-19(16-28)17-9-11-20(27)12-10-17/h5-15H,1-4H3/b19-13+. The molecule has 0 bridgehead atoms. The van der Waals surface area contributed by atoms with E-state index in [2.05, 4.69) is 91.2 Å². The van der Waals surface area contributed by atoms with Crippen LogP contribution in [0.3, 0.4) is 0 Å². The third-order valence-electron chi connectivity index (χ3n) is 5.79. The Morgan fingerprint density at radius 2 is 1.66 bits per heavy atom. The molecule has 2 nitrogen and oxygen atoms in total. The predicted molar refractivity (Wildman–Crippen MR) is 126 cm³/mol. The first kappa shape index (κ1) is 19.5. The van der Waals surface area contributed by atoms with Crippen molar-refractivity contribution in [2.45, 2.75) is 19.3 Å². The minimum Gasteiger partial charge on any atom is -0.377 e. The van der Waals surface area contributed by atoms with Crippen LogP contribution in [0.4, 0.5) is 5.69 Å². The van der Waals surface area contributed by atoms with Crippen molar-refractivity contribution in [3.05, 3.63) is 87.4 Å². The minimum absolute atomic E-state index is 0.0390. The van der Waals surface area contributed by atoms with Crippen molar-refractivity contribution in [3.63, 3.8) is 0 Å². The van der Waals surface area contributed by atoms with Crippen LogP contribution in [-0.2, 0) is 5.41 Å². The molecule has 0 amide bonds. The van der Waals surface area contributed by atoms with Gasteiger partial charge in [-0.3, -0.25) is 0 Å². The number of rotatable bonds is 3. The fraction of sp³-hybridized carbons (Fsp3) is 0.192. The van der Waals surface area contributed by atoms with Crippen LogP contribution in [0.15, 0.2) is 65.1 Å². The van der Waals surface area contributed by atoms with Gasteiger partial charge >= 0.3 is 0 Å². The molecule has 0 fully saturated rings. The quantitative estimate of drug-likeness (QED) is 0.326. The molecule has 0 saturated carbocycles.